The maximum absolute atomic E-state index is 10.5. The molecule has 0 aliphatic carbocycles. The number of halogens is 1. The van der Waals surface area contributed by atoms with Gasteiger partial charge in [0, 0.05) is 31.2 Å². The number of carbonyl (C=O) groups excluding carboxylic acids is 1. The Labute approximate surface area is 343 Å². The molecule has 53 heavy (non-hydrogen) atoms. The minimum absolute atomic E-state index is 0. The van der Waals surface area contributed by atoms with Gasteiger partial charge in [-0.15, -0.1) is 11.6 Å². The van der Waals surface area contributed by atoms with Crippen LogP contribution in [0.1, 0.15) is 51.9 Å². The first-order valence-electron chi connectivity index (χ1n) is 14.3. The fourth-order valence-corrected chi connectivity index (χ4v) is 3.35. The number of nitrogens with zero attached hydrogens (tertiary/aromatic N) is 1. The topological polar surface area (TPSA) is 334 Å². The van der Waals surface area contributed by atoms with E-state index in [0.29, 0.717) is 31.1 Å². The number of nitrogens with one attached hydrogen (secondary N) is 2. The fraction of sp³-hybridized carbons (Fsp3) is 0.219. The molecular weight excluding hydrogens is 767 g/mol. The molecule has 0 aromatic heterocycles. The number of thiocarbonyl (C=S) groups is 2. The summed E-state index contributed by atoms with van der Waals surface area (Å²) < 4.78 is 0. The molecular formula is C32H42ClN6NaO11S2. The van der Waals surface area contributed by atoms with Gasteiger partial charge in [0.1, 0.15) is 17.2 Å². The van der Waals surface area contributed by atoms with Crippen LogP contribution in [0.3, 0.4) is 0 Å². The van der Waals surface area contributed by atoms with Crippen molar-refractivity contribution in [2.75, 3.05) is 6.38 Å². The summed E-state index contributed by atoms with van der Waals surface area (Å²) in [5.41, 5.74) is 17.5. The number of hydrogen-bond donors (Lipinski definition) is 11. The number of hydrazone groups is 1. The maximum Gasteiger partial charge on any atom is 1.00 e. The molecule has 15 N–H and O–H groups in total. The monoisotopic (exact) mass is 808 g/mol. The minimum Gasteiger partial charge on any atom is -0.870 e. The number of nitrogens with two attached hydrogens (primary N) is 3. The van der Waals surface area contributed by atoms with Crippen LogP contribution in [0.4, 0.5) is 0 Å². The molecule has 0 heterocycles. The number of benzene rings is 3. The molecule has 17 nitrogen and oxygen atoms in total. The van der Waals surface area contributed by atoms with Crippen LogP contribution >= 0.6 is 36.0 Å². The molecule has 0 radical (unpaired) electrons. The van der Waals surface area contributed by atoms with Crippen molar-refractivity contribution >= 4 is 76.7 Å². The van der Waals surface area contributed by atoms with Crippen LogP contribution in [0.15, 0.2) is 65.8 Å². The molecule has 0 aliphatic heterocycles. The van der Waals surface area contributed by atoms with Crippen molar-refractivity contribution in [3.05, 3.63) is 88.5 Å². The first-order valence-corrected chi connectivity index (χ1v) is 15.9. The summed E-state index contributed by atoms with van der Waals surface area (Å²) in [6.45, 7) is 0. The van der Waals surface area contributed by atoms with Gasteiger partial charge in [-0.1, -0.05) is 24.3 Å². The number of aliphatic carboxylic acids is 3. The summed E-state index contributed by atoms with van der Waals surface area (Å²) in [6, 6.07) is 15.8. The quantitative estimate of drug-likeness (QED) is 0.0211. The Hall–Kier alpha value is -4.60. The third-order valence-electron chi connectivity index (χ3n) is 5.65. The predicted molar refractivity (Wildman–Crippen MR) is 203 cm³/mol. The molecule has 0 atom stereocenters. The molecule has 0 bridgehead atoms. The van der Waals surface area contributed by atoms with E-state index in [0.717, 1.165) is 16.7 Å². The summed E-state index contributed by atoms with van der Waals surface area (Å²) in [4.78, 5) is 41.4. The number of hydrazine groups is 1. The average Bonchev–Trinajstić information content (AvgIpc) is 3.09. The van der Waals surface area contributed by atoms with E-state index >= 15 is 0 Å². The number of aryl methyl sites for hydroxylation is 3. The zero-order valence-electron chi connectivity index (χ0n) is 28.8. The zero-order valence-corrected chi connectivity index (χ0v) is 33.2. The molecule has 0 unspecified atom stereocenters. The van der Waals surface area contributed by atoms with Gasteiger partial charge in [-0.3, -0.25) is 24.6 Å². The number of phenolic OH excluding ortho intramolecular Hbond substituents is 3. The van der Waals surface area contributed by atoms with Crippen molar-refractivity contribution in [3.63, 3.8) is 0 Å². The zero-order chi connectivity index (χ0) is 39.4. The van der Waals surface area contributed by atoms with Crippen LogP contribution in [-0.2, 0) is 33.6 Å². The second-order valence-electron chi connectivity index (χ2n) is 9.49. The molecule has 0 saturated heterocycles. The Morgan fingerprint density at radius 2 is 1.08 bits per heavy atom. The summed E-state index contributed by atoms with van der Waals surface area (Å²) in [5.74, 6) is 2.26. The predicted octanol–water partition coefficient (Wildman–Crippen LogP) is -0.417. The van der Waals surface area contributed by atoms with E-state index < -0.39 is 17.9 Å². The first kappa shape index (κ1) is 55.2. The number of phenols is 3. The van der Waals surface area contributed by atoms with Crippen molar-refractivity contribution in [1.29, 1.82) is 0 Å². The van der Waals surface area contributed by atoms with Crippen LogP contribution < -0.4 is 57.7 Å². The Bertz CT molecular complexity index is 1600. The van der Waals surface area contributed by atoms with Gasteiger partial charge in [-0.25, -0.2) is 5.84 Å². The standard InChI is InChI=1S/C11H13N3O3S.C10H10O4.C9H10O3.CH3Cl.CH5N3S.Na.H2O/c12-11(18)14-13-6-8-5-7(1-3-9(8)15)2-4-10(16)17;11-6-8-5-7(1-3-9(8)12)2-4-10(13)14;10-8-4-1-7(2-5-8)3-6-9(11)12;1-2;2-1(5)4-3;;/h1,3,5-6,15H,2,4H2,(H,16,17)(H3,12,14,18);1,3,5-6,12H,2,4H2,(H,13,14);1-2,4-5,10H,3,6H2,(H,11,12);1H3;3H2,(H3,2,4,5);;1H2/q;;;;;+1;/p-1/b13-6+;;;;;;. The van der Waals surface area contributed by atoms with E-state index in [9.17, 15) is 24.3 Å². The van der Waals surface area contributed by atoms with Crippen molar-refractivity contribution < 1.29 is 84.9 Å². The van der Waals surface area contributed by atoms with Crippen LogP contribution in [0.25, 0.3) is 0 Å². The molecule has 286 valence electrons. The van der Waals surface area contributed by atoms with Crippen LogP contribution in [0.5, 0.6) is 17.2 Å². The van der Waals surface area contributed by atoms with Gasteiger partial charge in [-0.2, -0.15) is 5.10 Å². The summed E-state index contributed by atoms with van der Waals surface area (Å²) in [5, 5.41) is 56.9. The molecule has 0 saturated carbocycles. The first-order chi connectivity index (χ1) is 24.1. The summed E-state index contributed by atoms with van der Waals surface area (Å²) in [6.07, 6.45) is 4.81. The van der Waals surface area contributed by atoms with E-state index in [1.165, 1.54) is 30.8 Å². The number of carboxylic acids is 3. The van der Waals surface area contributed by atoms with Crippen molar-refractivity contribution in [1.82, 2.24) is 10.9 Å². The number of rotatable bonds is 12. The Morgan fingerprint density at radius 3 is 1.43 bits per heavy atom. The number of hydrogen-bond acceptors (Lipinski definition) is 12. The van der Waals surface area contributed by atoms with Gasteiger partial charge >= 0.3 is 47.5 Å². The molecule has 0 amide bonds. The van der Waals surface area contributed by atoms with Gasteiger partial charge in [0.15, 0.2) is 16.5 Å². The fourth-order valence-electron chi connectivity index (χ4n) is 3.30. The molecule has 21 heteroatoms. The summed E-state index contributed by atoms with van der Waals surface area (Å²) >= 11 is 13.4. The number of aromatic hydroxyl groups is 3. The van der Waals surface area contributed by atoms with Crippen molar-refractivity contribution in [2.45, 2.75) is 38.5 Å². The Kier molecular flexibility index (Phi) is 34.6. The van der Waals surface area contributed by atoms with Gasteiger partial charge in [0.05, 0.1) is 11.8 Å². The molecule has 0 fully saturated rings. The molecule has 0 spiro atoms. The van der Waals surface area contributed by atoms with Gasteiger partial charge in [0.25, 0.3) is 0 Å². The second-order valence-corrected chi connectivity index (χ2v) is 10.4. The smallest absolute Gasteiger partial charge is 0.870 e. The van der Waals surface area contributed by atoms with E-state index in [1.807, 2.05) is 5.43 Å². The van der Waals surface area contributed by atoms with Crippen LogP contribution in [-0.4, -0.2) is 83.1 Å². The van der Waals surface area contributed by atoms with Crippen LogP contribution in [0.2, 0.25) is 0 Å². The SMILES string of the molecule is CCl.NC(=S)N/N=C/c1cc(CCC(=O)O)ccc1O.NNC(N)=S.O=C(O)CCc1ccc(O)cc1.O=Cc1cc(CCC(=O)O)ccc1O.[Na+].[OH-]. The van der Waals surface area contributed by atoms with E-state index in [1.54, 1.807) is 42.5 Å². The molecule has 3 rings (SSSR count). The van der Waals surface area contributed by atoms with Crippen LogP contribution in [0, 0.1) is 0 Å². The van der Waals surface area contributed by atoms with Crippen molar-refractivity contribution in [3.8, 4) is 17.2 Å². The number of aldehydes is 1. The second kappa shape index (κ2) is 33.3. The van der Waals surface area contributed by atoms with E-state index in [-0.39, 0.29) is 87.3 Å². The average molecular weight is 809 g/mol. The molecule has 3 aromatic carbocycles. The van der Waals surface area contributed by atoms with Gasteiger partial charge in [0.2, 0.25) is 0 Å². The molecule has 0 aliphatic rings. The normalized spacial score (nSPS) is 9.04. The minimum atomic E-state index is -0.884. The number of carbonyl (C=O) groups is 4. The van der Waals surface area contributed by atoms with E-state index in [4.69, 9.17) is 37.0 Å². The number of alkyl halides is 1. The Morgan fingerprint density at radius 1 is 0.717 bits per heavy atom. The van der Waals surface area contributed by atoms with Gasteiger partial charge in [-0.05, 0) is 96.8 Å². The van der Waals surface area contributed by atoms with Gasteiger partial charge < -0.3 is 53.0 Å². The molecule has 3 aromatic rings. The van der Waals surface area contributed by atoms with E-state index in [2.05, 4.69) is 52.4 Å². The maximum atomic E-state index is 10.5. The third-order valence-corrected chi connectivity index (χ3v) is 5.86. The number of carboxylic acid groups (broad SMARTS) is 3. The largest absolute Gasteiger partial charge is 1.00 e. The Balaban J connectivity index is -0.000000311. The van der Waals surface area contributed by atoms with Crippen molar-refractivity contribution in [2.24, 2.45) is 22.4 Å². The third kappa shape index (κ3) is 30.7. The summed E-state index contributed by atoms with van der Waals surface area (Å²) in [7, 11) is 0.